The Morgan fingerprint density at radius 3 is 2.62 bits per heavy atom. The molecule has 0 fully saturated rings. The summed E-state index contributed by atoms with van der Waals surface area (Å²) in [5.74, 6) is -0.463. The van der Waals surface area contributed by atoms with Crippen molar-refractivity contribution in [2.24, 2.45) is 0 Å². The lowest BCUT2D eigenvalue weighted by molar-refractivity contribution is 0.0599. The fraction of sp³-hybridized carbons (Fsp3) is 0.368. The Morgan fingerprint density at radius 1 is 1.25 bits per heavy atom. The van der Waals surface area contributed by atoms with Gasteiger partial charge in [0.1, 0.15) is 5.69 Å². The number of fused-ring (bicyclic) bond motifs is 1. The molecule has 1 aromatic heterocycles. The Bertz CT molecular complexity index is 792. The first-order chi connectivity index (χ1) is 11.6. The van der Waals surface area contributed by atoms with Crippen LogP contribution >= 0.6 is 0 Å². The number of rotatable bonds is 3. The average Bonchev–Trinajstić information content (AvgIpc) is 2.96. The Labute approximate surface area is 141 Å². The fourth-order valence-corrected chi connectivity index (χ4v) is 3.34. The first-order valence-corrected chi connectivity index (χ1v) is 8.22. The van der Waals surface area contributed by atoms with E-state index in [1.165, 1.54) is 18.2 Å². The van der Waals surface area contributed by atoms with E-state index in [0.29, 0.717) is 36.3 Å². The highest BCUT2D eigenvalue weighted by Gasteiger charge is 2.28. The molecule has 1 aromatic carbocycles. The molecule has 0 unspecified atom stereocenters. The highest BCUT2D eigenvalue weighted by Crippen LogP contribution is 2.24. The van der Waals surface area contributed by atoms with Crippen molar-refractivity contribution >= 4 is 11.9 Å². The zero-order chi connectivity index (χ0) is 17.3. The number of benzene rings is 1. The van der Waals surface area contributed by atoms with Gasteiger partial charge in [0.15, 0.2) is 0 Å². The summed E-state index contributed by atoms with van der Waals surface area (Å²) in [6.07, 6.45) is 1.49. The summed E-state index contributed by atoms with van der Waals surface area (Å²) in [6, 6.07) is 8.20. The van der Waals surface area contributed by atoms with E-state index >= 15 is 0 Å². The Kier molecular flexibility index (Phi) is 4.42. The number of hydrogen-bond donors (Lipinski definition) is 1. The lowest BCUT2D eigenvalue weighted by Crippen LogP contribution is -2.36. The van der Waals surface area contributed by atoms with Crippen LogP contribution in [0.3, 0.4) is 0 Å². The number of aromatic nitrogens is 1. The maximum Gasteiger partial charge on any atom is 0.339 e. The molecular formula is C19H22N2O3. The first-order valence-electron chi connectivity index (χ1n) is 8.22. The van der Waals surface area contributed by atoms with Gasteiger partial charge in [-0.3, -0.25) is 4.79 Å². The molecule has 0 saturated carbocycles. The number of esters is 1. The van der Waals surface area contributed by atoms with Crippen LogP contribution < -0.4 is 0 Å². The SMILES string of the molecule is CCc1[nH]c(C(=O)N2CCc3ccccc3C2)c(C)c1C(=O)OC. The molecule has 0 radical (unpaired) electrons. The molecule has 126 valence electrons. The van der Waals surface area contributed by atoms with Gasteiger partial charge in [-0.25, -0.2) is 4.79 Å². The minimum atomic E-state index is -0.399. The van der Waals surface area contributed by atoms with E-state index in [1.54, 1.807) is 6.92 Å². The van der Waals surface area contributed by atoms with Gasteiger partial charge in [0, 0.05) is 18.8 Å². The highest BCUT2D eigenvalue weighted by atomic mass is 16.5. The van der Waals surface area contributed by atoms with Crippen LogP contribution in [0, 0.1) is 6.92 Å². The maximum absolute atomic E-state index is 13.0. The van der Waals surface area contributed by atoms with Crippen LogP contribution in [0.2, 0.25) is 0 Å². The van der Waals surface area contributed by atoms with E-state index in [-0.39, 0.29) is 5.91 Å². The molecule has 0 atom stereocenters. The Hall–Kier alpha value is -2.56. The number of amides is 1. The minimum absolute atomic E-state index is 0.0631. The first kappa shape index (κ1) is 16.3. The standard InChI is InChI=1S/C19H22N2O3/c1-4-15-16(19(23)24-3)12(2)17(20-15)18(22)21-10-9-13-7-5-6-8-14(13)11-21/h5-8,20H,4,9-11H2,1-3H3. The van der Waals surface area contributed by atoms with Crippen molar-refractivity contribution in [3.63, 3.8) is 0 Å². The molecule has 2 heterocycles. The summed E-state index contributed by atoms with van der Waals surface area (Å²) in [4.78, 5) is 30.0. The summed E-state index contributed by atoms with van der Waals surface area (Å²) in [7, 11) is 1.36. The van der Waals surface area contributed by atoms with Gasteiger partial charge in [0.2, 0.25) is 0 Å². The summed E-state index contributed by atoms with van der Waals surface area (Å²) >= 11 is 0. The van der Waals surface area contributed by atoms with Crippen molar-refractivity contribution in [3.8, 4) is 0 Å². The van der Waals surface area contributed by atoms with E-state index in [0.717, 1.165) is 12.1 Å². The third kappa shape index (κ3) is 2.70. The van der Waals surface area contributed by atoms with Crippen molar-refractivity contribution in [2.45, 2.75) is 33.2 Å². The monoisotopic (exact) mass is 326 g/mol. The smallest absolute Gasteiger partial charge is 0.339 e. The molecule has 0 spiro atoms. The van der Waals surface area contributed by atoms with Crippen LogP contribution in [0.5, 0.6) is 0 Å². The van der Waals surface area contributed by atoms with Gasteiger partial charge in [-0.05, 0) is 36.5 Å². The van der Waals surface area contributed by atoms with Crippen LogP contribution in [-0.4, -0.2) is 35.4 Å². The third-order valence-electron chi connectivity index (χ3n) is 4.70. The second kappa shape index (κ2) is 6.51. The number of hydrogen-bond acceptors (Lipinski definition) is 3. The van der Waals surface area contributed by atoms with Gasteiger partial charge >= 0.3 is 5.97 Å². The number of aryl methyl sites for hydroxylation is 1. The number of H-pyrrole nitrogens is 1. The van der Waals surface area contributed by atoms with Crippen LogP contribution in [0.1, 0.15) is 50.2 Å². The number of aromatic amines is 1. The van der Waals surface area contributed by atoms with Crippen molar-refractivity contribution in [1.29, 1.82) is 0 Å². The zero-order valence-electron chi connectivity index (χ0n) is 14.3. The maximum atomic E-state index is 13.0. The number of nitrogens with one attached hydrogen (secondary N) is 1. The lowest BCUT2D eigenvalue weighted by Gasteiger charge is -2.28. The van der Waals surface area contributed by atoms with Gasteiger partial charge in [-0.15, -0.1) is 0 Å². The molecule has 3 rings (SSSR count). The van der Waals surface area contributed by atoms with E-state index in [4.69, 9.17) is 4.74 Å². The molecule has 5 heteroatoms. The molecule has 1 N–H and O–H groups in total. The zero-order valence-corrected chi connectivity index (χ0v) is 14.3. The van der Waals surface area contributed by atoms with Crippen molar-refractivity contribution < 1.29 is 14.3 Å². The summed E-state index contributed by atoms with van der Waals surface area (Å²) in [6.45, 7) is 5.03. The van der Waals surface area contributed by atoms with Gasteiger partial charge in [-0.2, -0.15) is 0 Å². The van der Waals surface area contributed by atoms with Crippen LogP contribution in [0.15, 0.2) is 24.3 Å². The van der Waals surface area contributed by atoms with Crippen LogP contribution in [-0.2, 0) is 24.1 Å². The number of ether oxygens (including phenoxy) is 1. The van der Waals surface area contributed by atoms with Crippen molar-refractivity contribution in [3.05, 3.63) is 57.9 Å². The van der Waals surface area contributed by atoms with Gasteiger partial charge in [-0.1, -0.05) is 31.2 Å². The second-order valence-electron chi connectivity index (χ2n) is 6.07. The quantitative estimate of drug-likeness (QED) is 0.882. The molecule has 1 aliphatic heterocycles. The lowest BCUT2D eigenvalue weighted by atomic mass is 9.99. The Balaban J connectivity index is 1.91. The van der Waals surface area contributed by atoms with Crippen molar-refractivity contribution in [1.82, 2.24) is 9.88 Å². The molecule has 1 aliphatic rings. The molecule has 0 bridgehead atoms. The average molecular weight is 326 g/mol. The Morgan fingerprint density at radius 2 is 1.96 bits per heavy atom. The van der Waals surface area contributed by atoms with E-state index in [1.807, 2.05) is 24.0 Å². The topological polar surface area (TPSA) is 62.4 Å². The van der Waals surface area contributed by atoms with Crippen LogP contribution in [0.4, 0.5) is 0 Å². The summed E-state index contributed by atoms with van der Waals surface area (Å²) < 4.78 is 4.86. The largest absolute Gasteiger partial charge is 0.465 e. The number of nitrogens with zero attached hydrogens (tertiary/aromatic N) is 1. The molecule has 1 amide bonds. The van der Waals surface area contributed by atoms with Gasteiger partial charge in [0.05, 0.1) is 12.7 Å². The number of carbonyl (C=O) groups is 2. The van der Waals surface area contributed by atoms with Gasteiger partial charge in [0.25, 0.3) is 5.91 Å². The molecule has 24 heavy (non-hydrogen) atoms. The van der Waals surface area contributed by atoms with Gasteiger partial charge < -0.3 is 14.6 Å². The van der Waals surface area contributed by atoms with E-state index in [9.17, 15) is 9.59 Å². The summed E-state index contributed by atoms with van der Waals surface area (Å²) in [5.41, 5.74) is 4.88. The molecule has 0 saturated heterocycles. The van der Waals surface area contributed by atoms with E-state index in [2.05, 4.69) is 17.1 Å². The third-order valence-corrected chi connectivity index (χ3v) is 4.70. The molecular weight excluding hydrogens is 304 g/mol. The van der Waals surface area contributed by atoms with Crippen molar-refractivity contribution in [2.75, 3.05) is 13.7 Å². The number of carbonyl (C=O) groups excluding carboxylic acids is 2. The normalized spacial score (nSPS) is 13.5. The molecule has 0 aliphatic carbocycles. The predicted octanol–water partition coefficient (Wildman–Crippen LogP) is 2.87. The number of methoxy groups -OCH3 is 1. The predicted molar refractivity (Wildman–Crippen MR) is 91.1 cm³/mol. The van der Waals surface area contributed by atoms with E-state index < -0.39 is 5.97 Å². The molecule has 2 aromatic rings. The highest BCUT2D eigenvalue weighted by molar-refractivity contribution is 6.00. The second-order valence-corrected chi connectivity index (χ2v) is 6.07. The molecule has 5 nitrogen and oxygen atoms in total. The summed E-state index contributed by atoms with van der Waals surface area (Å²) in [5, 5.41) is 0. The van der Waals surface area contributed by atoms with Crippen LogP contribution in [0.25, 0.3) is 0 Å². The minimum Gasteiger partial charge on any atom is -0.465 e. The fourth-order valence-electron chi connectivity index (χ4n) is 3.34.